The van der Waals surface area contributed by atoms with Crippen molar-refractivity contribution in [3.8, 4) is 0 Å². The van der Waals surface area contributed by atoms with Gasteiger partial charge in [0.15, 0.2) is 11.2 Å². The van der Waals surface area contributed by atoms with Gasteiger partial charge in [0.1, 0.15) is 5.82 Å². The van der Waals surface area contributed by atoms with Gasteiger partial charge in [0.2, 0.25) is 5.82 Å². The van der Waals surface area contributed by atoms with E-state index in [0.29, 0.717) is 5.82 Å². The summed E-state index contributed by atoms with van der Waals surface area (Å²) in [5.74, 6) is -0.889. The molecule has 0 atom stereocenters. The SMILES string of the molecule is Cc1nc2c(=O)[nH]c(C(F)(F)F)nc2n1C. The molecular weight excluding hydrogens is 225 g/mol. The van der Waals surface area contributed by atoms with Crippen molar-refractivity contribution in [2.24, 2.45) is 7.05 Å². The second-order valence-electron chi connectivity index (χ2n) is 3.30. The molecule has 0 bridgehead atoms. The molecule has 0 spiro atoms. The molecule has 0 unspecified atom stereocenters. The number of hydrogen-bond acceptors (Lipinski definition) is 3. The van der Waals surface area contributed by atoms with Crippen LogP contribution in [0.3, 0.4) is 0 Å². The van der Waals surface area contributed by atoms with Gasteiger partial charge in [-0.3, -0.25) is 4.79 Å². The Bertz CT molecular complexity index is 610. The minimum Gasteiger partial charge on any atom is -0.316 e. The predicted octanol–water partition coefficient (Wildman–Crippen LogP) is 0.984. The third-order valence-corrected chi connectivity index (χ3v) is 2.22. The number of hydrogen-bond donors (Lipinski definition) is 1. The monoisotopic (exact) mass is 232 g/mol. The fourth-order valence-corrected chi connectivity index (χ4v) is 1.31. The summed E-state index contributed by atoms with van der Waals surface area (Å²) in [5, 5.41) is 0. The van der Waals surface area contributed by atoms with Crippen LogP contribution in [-0.4, -0.2) is 19.5 Å². The predicted molar refractivity (Wildman–Crippen MR) is 48.9 cm³/mol. The Kier molecular flexibility index (Phi) is 2.04. The van der Waals surface area contributed by atoms with Crippen LogP contribution in [0, 0.1) is 6.92 Å². The van der Waals surface area contributed by atoms with E-state index in [-0.39, 0.29) is 11.2 Å². The van der Waals surface area contributed by atoms with E-state index in [9.17, 15) is 18.0 Å². The third-order valence-electron chi connectivity index (χ3n) is 2.22. The van der Waals surface area contributed by atoms with Gasteiger partial charge in [0.25, 0.3) is 5.56 Å². The van der Waals surface area contributed by atoms with Crippen LogP contribution in [0.15, 0.2) is 4.79 Å². The summed E-state index contributed by atoms with van der Waals surface area (Å²) in [6.45, 7) is 1.58. The zero-order valence-corrected chi connectivity index (χ0v) is 8.38. The maximum absolute atomic E-state index is 12.4. The largest absolute Gasteiger partial charge is 0.449 e. The minimum absolute atomic E-state index is 0.0754. The summed E-state index contributed by atoms with van der Waals surface area (Å²) in [5.41, 5.74) is -1.05. The van der Waals surface area contributed by atoms with Crippen LogP contribution >= 0.6 is 0 Å². The standard InChI is InChI=1S/C8H7F3N4O/c1-3-12-4-5(15(3)2)13-7(8(9,10)11)14-6(4)16/h1-2H3,(H,13,14,16). The Labute approximate surface area is 86.9 Å². The number of aromatic nitrogens is 4. The van der Waals surface area contributed by atoms with Gasteiger partial charge >= 0.3 is 6.18 Å². The number of fused-ring (bicyclic) bond motifs is 1. The summed E-state index contributed by atoms with van der Waals surface area (Å²) in [6.07, 6.45) is -4.68. The van der Waals surface area contributed by atoms with Gasteiger partial charge in [0.05, 0.1) is 0 Å². The molecule has 2 heterocycles. The van der Waals surface area contributed by atoms with Crippen LogP contribution in [0.1, 0.15) is 11.6 Å². The molecule has 86 valence electrons. The molecule has 0 fully saturated rings. The third kappa shape index (κ3) is 1.46. The first-order chi connectivity index (χ1) is 7.30. The van der Waals surface area contributed by atoms with Crippen molar-refractivity contribution in [3.63, 3.8) is 0 Å². The summed E-state index contributed by atoms with van der Waals surface area (Å²) in [4.78, 5) is 20.2. The highest BCUT2D eigenvalue weighted by atomic mass is 19.4. The molecule has 2 rings (SSSR count). The number of aryl methyl sites for hydroxylation is 2. The van der Waals surface area contributed by atoms with Crippen molar-refractivity contribution in [1.82, 2.24) is 19.5 Å². The fraction of sp³-hybridized carbons (Fsp3) is 0.375. The maximum atomic E-state index is 12.4. The van der Waals surface area contributed by atoms with Gasteiger partial charge < -0.3 is 9.55 Å². The van der Waals surface area contributed by atoms with Gasteiger partial charge in [0, 0.05) is 7.05 Å². The normalized spacial score (nSPS) is 12.3. The Morgan fingerprint density at radius 1 is 1.31 bits per heavy atom. The Morgan fingerprint density at radius 2 is 1.94 bits per heavy atom. The zero-order chi connectivity index (χ0) is 12.1. The minimum atomic E-state index is -4.68. The number of H-pyrrole nitrogens is 1. The van der Waals surface area contributed by atoms with E-state index in [1.54, 1.807) is 11.9 Å². The van der Waals surface area contributed by atoms with Gasteiger partial charge in [-0.2, -0.15) is 13.2 Å². The molecule has 16 heavy (non-hydrogen) atoms. The number of nitrogens with one attached hydrogen (secondary N) is 1. The summed E-state index contributed by atoms with van der Waals surface area (Å²) < 4.78 is 38.4. The van der Waals surface area contributed by atoms with E-state index < -0.39 is 17.6 Å². The Morgan fingerprint density at radius 3 is 2.50 bits per heavy atom. The fourth-order valence-electron chi connectivity index (χ4n) is 1.31. The zero-order valence-electron chi connectivity index (χ0n) is 8.38. The van der Waals surface area contributed by atoms with Crippen molar-refractivity contribution in [1.29, 1.82) is 0 Å². The first kappa shape index (κ1) is 10.7. The van der Waals surface area contributed by atoms with Crippen LogP contribution in [0.25, 0.3) is 11.2 Å². The van der Waals surface area contributed by atoms with Crippen LogP contribution in [-0.2, 0) is 13.2 Å². The van der Waals surface area contributed by atoms with Crippen molar-refractivity contribution >= 4 is 11.2 Å². The number of alkyl halides is 3. The number of rotatable bonds is 0. The van der Waals surface area contributed by atoms with Crippen LogP contribution in [0.5, 0.6) is 0 Å². The molecule has 0 radical (unpaired) electrons. The second-order valence-corrected chi connectivity index (χ2v) is 3.30. The molecular formula is C8H7F3N4O. The van der Waals surface area contributed by atoms with Crippen molar-refractivity contribution in [2.75, 3.05) is 0 Å². The van der Waals surface area contributed by atoms with Crippen molar-refractivity contribution in [2.45, 2.75) is 13.1 Å². The van der Waals surface area contributed by atoms with E-state index >= 15 is 0 Å². The van der Waals surface area contributed by atoms with Gasteiger partial charge in [-0.1, -0.05) is 0 Å². The first-order valence-electron chi connectivity index (χ1n) is 4.31. The number of aromatic amines is 1. The number of imidazole rings is 1. The molecule has 0 aromatic carbocycles. The maximum Gasteiger partial charge on any atom is 0.449 e. The highest BCUT2D eigenvalue weighted by Gasteiger charge is 2.35. The smallest absolute Gasteiger partial charge is 0.316 e. The lowest BCUT2D eigenvalue weighted by atomic mass is 10.5. The lowest BCUT2D eigenvalue weighted by Crippen LogP contribution is -2.19. The van der Waals surface area contributed by atoms with Crippen LogP contribution in [0.4, 0.5) is 13.2 Å². The van der Waals surface area contributed by atoms with E-state index in [1.165, 1.54) is 11.6 Å². The molecule has 0 aliphatic rings. The Hall–Kier alpha value is -1.86. The molecule has 1 N–H and O–H groups in total. The van der Waals surface area contributed by atoms with Gasteiger partial charge in [-0.25, -0.2) is 9.97 Å². The summed E-state index contributed by atoms with van der Waals surface area (Å²) in [7, 11) is 1.50. The van der Waals surface area contributed by atoms with E-state index in [2.05, 4.69) is 9.97 Å². The van der Waals surface area contributed by atoms with E-state index in [4.69, 9.17) is 0 Å². The quantitative estimate of drug-likeness (QED) is 0.736. The van der Waals surface area contributed by atoms with Gasteiger partial charge in [-0.05, 0) is 6.92 Å². The van der Waals surface area contributed by atoms with E-state index in [1.807, 2.05) is 0 Å². The molecule has 0 aliphatic carbocycles. The highest BCUT2D eigenvalue weighted by Crippen LogP contribution is 2.25. The summed E-state index contributed by atoms with van der Waals surface area (Å²) >= 11 is 0. The molecule has 0 amide bonds. The number of halogens is 3. The van der Waals surface area contributed by atoms with Crippen LogP contribution in [0.2, 0.25) is 0 Å². The molecule has 5 nitrogen and oxygen atoms in total. The topological polar surface area (TPSA) is 63.6 Å². The molecule has 8 heteroatoms. The molecule has 0 aliphatic heterocycles. The molecule has 2 aromatic heterocycles. The molecule has 2 aromatic rings. The first-order valence-corrected chi connectivity index (χ1v) is 4.31. The summed E-state index contributed by atoms with van der Waals surface area (Å²) in [6, 6.07) is 0. The average Bonchev–Trinajstić information content (AvgIpc) is 2.44. The molecule has 0 saturated heterocycles. The lowest BCUT2D eigenvalue weighted by molar-refractivity contribution is -0.144. The highest BCUT2D eigenvalue weighted by molar-refractivity contribution is 5.70. The Balaban J connectivity index is 2.86. The second kappa shape index (κ2) is 3.06. The molecule has 0 saturated carbocycles. The van der Waals surface area contributed by atoms with Crippen LogP contribution < -0.4 is 5.56 Å². The van der Waals surface area contributed by atoms with Crippen molar-refractivity contribution in [3.05, 3.63) is 22.0 Å². The van der Waals surface area contributed by atoms with E-state index in [0.717, 1.165) is 0 Å². The van der Waals surface area contributed by atoms with Crippen molar-refractivity contribution < 1.29 is 13.2 Å². The number of nitrogens with zero attached hydrogens (tertiary/aromatic N) is 3. The van der Waals surface area contributed by atoms with Gasteiger partial charge in [-0.15, -0.1) is 0 Å². The average molecular weight is 232 g/mol. The lowest BCUT2D eigenvalue weighted by Gasteiger charge is -2.04.